The molecule has 1 N–H and O–H groups in total. The monoisotopic (exact) mass is 424 g/mol. The largest absolute Gasteiger partial charge is 0.494 e. The van der Waals surface area contributed by atoms with Gasteiger partial charge in [-0.2, -0.15) is 0 Å². The summed E-state index contributed by atoms with van der Waals surface area (Å²) in [7, 11) is -3.67. The zero-order chi connectivity index (χ0) is 20.9. The second-order valence-electron chi connectivity index (χ2n) is 6.44. The van der Waals surface area contributed by atoms with Gasteiger partial charge in [-0.05, 0) is 56.2 Å². The molecule has 0 heterocycles. The Morgan fingerprint density at radius 3 is 2.43 bits per heavy atom. The third kappa shape index (κ3) is 5.62. The van der Waals surface area contributed by atoms with Crippen LogP contribution in [-0.4, -0.2) is 33.7 Å². The minimum atomic E-state index is -3.67. The van der Waals surface area contributed by atoms with E-state index in [2.05, 4.69) is 5.32 Å². The quantitative estimate of drug-likeness (QED) is 0.701. The van der Waals surface area contributed by atoms with E-state index in [-0.39, 0.29) is 12.6 Å². The molecule has 0 bridgehead atoms. The number of carbonyl (C=O) groups is 1. The molecule has 0 saturated heterocycles. The number of rotatable bonds is 8. The highest BCUT2D eigenvalue weighted by atomic mass is 35.5. The molecule has 1 atom stereocenters. The van der Waals surface area contributed by atoms with Crippen LogP contribution in [0.5, 0.6) is 5.75 Å². The maximum atomic E-state index is 12.5. The summed E-state index contributed by atoms with van der Waals surface area (Å²) in [5, 5.41) is 3.27. The van der Waals surface area contributed by atoms with Gasteiger partial charge in [0.25, 0.3) is 0 Å². The number of amides is 1. The topological polar surface area (TPSA) is 75.7 Å². The van der Waals surface area contributed by atoms with E-state index in [0.29, 0.717) is 22.9 Å². The van der Waals surface area contributed by atoms with Gasteiger partial charge in [-0.1, -0.05) is 29.8 Å². The first-order valence-corrected chi connectivity index (χ1v) is 11.1. The zero-order valence-electron chi connectivity index (χ0n) is 16.4. The van der Waals surface area contributed by atoms with Crippen LogP contribution >= 0.6 is 11.6 Å². The molecule has 2 aromatic rings. The molecule has 0 aromatic heterocycles. The molecule has 0 aliphatic heterocycles. The standard InChI is InChI=1S/C20H25ClN2O4S/c1-5-27-17-11-9-16(10-12-17)15(3)22-20(24)13-23(28(4,25)26)19-8-6-7-18(21)14(19)2/h6-12,15H,5,13H2,1-4H3,(H,22,24)/t15-/m0/s1. The number of benzene rings is 2. The van der Waals surface area contributed by atoms with Crippen molar-refractivity contribution < 1.29 is 17.9 Å². The Labute approximate surface area is 171 Å². The Bertz CT molecular complexity index is 930. The maximum Gasteiger partial charge on any atom is 0.241 e. The number of anilines is 1. The van der Waals surface area contributed by atoms with Crippen LogP contribution in [0.2, 0.25) is 5.02 Å². The van der Waals surface area contributed by atoms with Gasteiger partial charge >= 0.3 is 0 Å². The number of halogens is 1. The average molecular weight is 425 g/mol. The number of carbonyl (C=O) groups excluding carboxylic acids is 1. The van der Waals surface area contributed by atoms with E-state index in [0.717, 1.165) is 21.9 Å². The summed E-state index contributed by atoms with van der Waals surface area (Å²) < 4.78 is 31.0. The van der Waals surface area contributed by atoms with Crippen LogP contribution in [0.15, 0.2) is 42.5 Å². The third-order valence-corrected chi connectivity index (χ3v) is 5.80. The Hall–Kier alpha value is -2.25. The van der Waals surface area contributed by atoms with Crippen LogP contribution in [-0.2, 0) is 14.8 Å². The van der Waals surface area contributed by atoms with Gasteiger partial charge in [0.05, 0.1) is 24.6 Å². The highest BCUT2D eigenvalue weighted by Gasteiger charge is 2.24. The zero-order valence-corrected chi connectivity index (χ0v) is 18.0. The summed E-state index contributed by atoms with van der Waals surface area (Å²) in [4.78, 5) is 12.5. The number of hydrogen-bond donors (Lipinski definition) is 1. The van der Waals surface area contributed by atoms with E-state index in [4.69, 9.17) is 16.3 Å². The lowest BCUT2D eigenvalue weighted by atomic mass is 10.1. The maximum absolute atomic E-state index is 12.5. The smallest absolute Gasteiger partial charge is 0.241 e. The van der Waals surface area contributed by atoms with Crippen molar-refractivity contribution in [1.29, 1.82) is 0 Å². The first-order chi connectivity index (χ1) is 13.1. The molecule has 28 heavy (non-hydrogen) atoms. The number of hydrogen-bond acceptors (Lipinski definition) is 4. The Kier molecular flexibility index (Phi) is 7.32. The minimum Gasteiger partial charge on any atom is -0.494 e. The van der Waals surface area contributed by atoms with Crippen molar-refractivity contribution in [2.75, 3.05) is 23.7 Å². The molecule has 0 unspecified atom stereocenters. The van der Waals surface area contributed by atoms with Gasteiger partial charge in [-0.25, -0.2) is 8.42 Å². The molecule has 2 rings (SSSR count). The summed E-state index contributed by atoms with van der Waals surface area (Å²) in [5.74, 6) is 0.343. The molecule has 0 spiro atoms. The number of sulfonamides is 1. The van der Waals surface area contributed by atoms with Crippen molar-refractivity contribution in [3.8, 4) is 5.75 Å². The molecule has 0 aliphatic carbocycles. The fourth-order valence-corrected chi connectivity index (χ4v) is 3.84. The first-order valence-electron chi connectivity index (χ1n) is 8.88. The summed E-state index contributed by atoms with van der Waals surface area (Å²) in [6.07, 6.45) is 1.07. The highest BCUT2D eigenvalue weighted by molar-refractivity contribution is 7.92. The number of nitrogens with one attached hydrogen (secondary N) is 1. The minimum absolute atomic E-state index is 0.287. The fourth-order valence-electron chi connectivity index (χ4n) is 2.77. The molecule has 0 fully saturated rings. The van der Waals surface area contributed by atoms with E-state index >= 15 is 0 Å². The molecule has 1 amide bonds. The van der Waals surface area contributed by atoms with Crippen molar-refractivity contribution in [1.82, 2.24) is 5.32 Å². The van der Waals surface area contributed by atoms with Gasteiger partial charge in [0.1, 0.15) is 12.3 Å². The van der Waals surface area contributed by atoms with E-state index in [1.165, 1.54) is 0 Å². The van der Waals surface area contributed by atoms with Gasteiger partial charge in [0, 0.05) is 5.02 Å². The molecule has 152 valence electrons. The van der Waals surface area contributed by atoms with E-state index in [9.17, 15) is 13.2 Å². The molecule has 6 nitrogen and oxygen atoms in total. The van der Waals surface area contributed by atoms with Crippen LogP contribution in [0, 0.1) is 6.92 Å². The van der Waals surface area contributed by atoms with Crippen LogP contribution < -0.4 is 14.4 Å². The Morgan fingerprint density at radius 1 is 1.21 bits per heavy atom. The summed E-state index contributed by atoms with van der Waals surface area (Å²) in [6.45, 7) is 5.71. The van der Waals surface area contributed by atoms with Gasteiger partial charge in [-0.15, -0.1) is 0 Å². The second kappa shape index (κ2) is 9.30. The van der Waals surface area contributed by atoms with Crippen LogP contribution in [0.25, 0.3) is 0 Å². The fraction of sp³-hybridized carbons (Fsp3) is 0.350. The molecular formula is C20H25ClN2O4S. The average Bonchev–Trinajstić information content (AvgIpc) is 2.62. The van der Waals surface area contributed by atoms with Crippen molar-refractivity contribution in [3.63, 3.8) is 0 Å². The van der Waals surface area contributed by atoms with Gasteiger partial charge < -0.3 is 10.1 Å². The molecule has 8 heteroatoms. The van der Waals surface area contributed by atoms with E-state index in [1.54, 1.807) is 25.1 Å². The van der Waals surface area contributed by atoms with Gasteiger partial charge in [0.15, 0.2) is 0 Å². The lowest BCUT2D eigenvalue weighted by Crippen LogP contribution is -2.41. The van der Waals surface area contributed by atoms with E-state index in [1.807, 2.05) is 38.1 Å². The lowest BCUT2D eigenvalue weighted by Gasteiger charge is -2.25. The third-order valence-electron chi connectivity index (χ3n) is 4.26. The van der Waals surface area contributed by atoms with Crippen molar-refractivity contribution in [3.05, 3.63) is 58.6 Å². The molecular weight excluding hydrogens is 400 g/mol. The second-order valence-corrected chi connectivity index (χ2v) is 8.76. The Morgan fingerprint density at radius 2 is 1.86 bits per heavy atom. The highest BCUT2D eigenvalue weighted by Crippen LogP contribution is 2.28. The number of ether oxygens (including phenoxy) is 1. The summed E-state index contributed by atoms with van der Waals surface area (Å²) in [5.41, 5.74) is 1.88. The normalized spacial score (nSPS) is 12.3. The number of nitrogens with zero attached hydrogens (tertiary/aromatic N) is 1. The molecule has 0 aliphatic rings. The predicted molar refractivity (Wildman–Crippen MR) is 113 cm³/mol. The Balaban J connectivity index is 2.14. The van der Waals surface area contributed by atoms with Crippen LogP contribution in [0.3, 0.4) is 0 Å². The summed E-state index contributed by atoms with van der Waals surface area (Å²) in [6, 6.07) is 12.1. The van der Waals surface area contributed by atoms with Crippen LogP contribution in [0.1, 0.15) is 31.0 Å². The molecule has 0 saturated carbocycles. The van der Waals surface area contributed by atoms with Gasteiger partial charge in [0.2, 0.25) is 15.9 Å². The van der Waals surface area contributed by atoms with Gasteiger partial charge in [-0.3, -0.25) is 9.10 Å². The van der Waals surface area contributed by atoms with E-state index < -0.39 is 15.9 Å². The van der Waals surface area contributed by atoms with Crippen molar-refractivity contribution in [2.24, 2.45) is 0 Å². The van der Waals surface area contributed by atoms with Crippen LogP contribution in [0.4, 0.5) is 5.69 Å². The van der Waals surface area contributed by atoms with Crippen molar-refractivity contribution in [2.45, 2.75) is 26.8 Å². The lowest BCUT2D eigenvalue weighted by molar-refractivity contribution is -0.120. The predicted octanol–water partition coefficient (Wildman–Crippen LogP) is 3.69. The summed E-state index contributed by atoms with van der Waals surface area (Å²) >= 11 is 6.11. The van der Waals surface area contributed by atoms with Crippen molar-refractivity contribution >= 4 is 33.2 Å². The SMILES string of the molecule is CCOc1ccc([C@H](C)NC(=O)CN(c2cccc(Cl)c2C)S(C)(=O)=O)cc1. The first kappa shape index (κ1) is 22.0. The molecule has 2 aromatic carbocycles. The molecule has 0 radical (unpaired) electrons.